The minimum absolute atomic E-state index is 0.0428. The van der Waals surface area contributed by atoms with Crippen molar-refractivity contribution in [3.63, 3.8) is 0 Å². The van der Waals surface area contributed by atoms with Gasteiger partial charge in [-0.25, -0.2) is 9.59 Å². The summed E-state index contributed by atoms with van der Waals surface area (Å²) in [4.78, 5) is 50.1. The Morgan fingerprint density at radius 1 is 1.29 bits per heavy atom. The summed E-state index contributed by atoms with van der Waals surface area (Å²) in [5.74, 6) is -1.58. The molecule has 8 nitrogen and oxygen atoms in total. The summed E-state index contributed by atoms with van der Waals surface area (Å²) < 4.78 is 0. The van der Waals surface area contributed by atoms with Crippen LogP contribution in [0, 0.1) is 6.92 Å². The standard InChI is InChI=1S/C13H19N3O5/c1-4-13(3,11(19)20)16-9(17)6-5-8-7(2)14-12(21)15-10(8)18/h4-6H2,1-3H3,(H,16,17)(H,19,20)(H2,14,15,18,21). The highest BCUT2D eigenvalue weighted by Crippen LogP contribution is 2.10. The molecule has 8 heteroatoms. The van der Waals surface area contributed by atoms with Gasteiger partial charge in [-0.05, 0) is 26.7 Å². The minimum Gasteiger partial charge on any atom is -0.480 e. The van der Waals surface area contributed by atoms with Crippen molar-refractivity contribution in [1.29, 1.82) is 0 Å². The van der Waals surface area contributed by atoms with Gasteiger partial charge in [-0.1, -0.05) is 6.92 Å². The Morgan fingerprint density at radius 2 is 1.90 bits per heavy atom. The van der Waals surface area contributed by atoms with Gasteiger partial charge in [0.1, 0.15) is 5.54 Å². The maximum Gasteiger partial charge on any atom is 0.329 e. The second kappa shape index (κ2) is 6.38. The molecule has 1 atom stereocenters. The average Bonchev–Trinajstić information content (AvgIpc) is 2.36. The minimum atomic E-state index is -1.33. The summed E-state index contributed by atoms with van der Waals surface area (Å²) in [5.41, 5.74) is -1.77. The molecule has 0 saturated heterocycles. The van der Waals surface area contributed by atoms with Crippen molar-refractivity contribution >= 4 is 11.9 Å². The highest BCUT2D eigenvalue weighted by molar-refractivity contribution is 5.86. The number of aliphatic carboxylic acids is 1. The van der Waals surface area contributed by atoms with Crippen LogP contribution in [0.5, 0.6) is 0 Å². The smallest absolute Gasteiger partial charge is 0.329 e. The van der Waals surface area contributed by atoms with E-state index in [0.29, 0.717) is 11.3 Å². The first-order valence-electron chi connectivity index (χ1n) is 6.56. The van der Waals surface area contributed by atoms with Crippen LogP contribution in [-0.2, 0) is 16.0 Å². The second-order valence-corrected chi connectivity index (χ2v) is 5.05. The first kappa shape index (κ1) is 16.7. The first-order valence-corrected chi connectivity index (χ1v) is 6.56. The zero-order valence-electron chi connectivity index (χ0n) is 12.2. The van der Waals surface area contributed by atoms with E-state index in [-0.39, 0.29) is 19.3 Å². The van der Waals surface area contributed by atoms with Crippen molar-refractivity contribution in [1.82, 2.24) is 15.3 Å². The molecule has 1 unspecified atom stereocenters. The molecule has 0 aliphatic heterocycles. The molecule has 1 aromatic rings. The Morgan fingerprint density at radius 3 is 2.38 bits per heavy atom. The van der Waals surface area contributed by atoms with Crippen molar-refractivity contribution in [3.8, 4) is 0 Å². The lowest BCUT2D eigenvalue weighted by atomic mass is 9.98. The van der Waals surface area contributed by atoms with Crippen molar-refractivity contribution in [3.05, 3.63) is 32.1 Å². The quantitative estimate of drug-likeness (QED) is 0.571. The molecule has 0 spiro atoms. The number of hydrogen-bond acceptors (Lipinski definition) is 4. The van der Waals surface area contributed by atoms with Crippen LogP contribution < -0.4 is 16.6 Å². The molecule has 0 aromatic carbocycles. The van der Waals surface area contributed by atoms with Crippen LogP contribution in [0.1, 0.15) is 37.9 Å². The Kier molecular flexibility index (Phi) is 5.07. The van der Waals surface area contributed by atoms with Crippen LogP contribution in [0.4, 0.5) is 0 Å². The summed E-state index contributed by atoms with van der Waals surface area (Å²) in [7, 11) is 0. The van der Waals surface area contributed by atoms with E-state index >= 15 is 0 Å². The molecule has 0 saturated carbocycles. The molecule has 1 aromatic heterocycles. The number of aryl methyl sites for hydroxylation is 1. The molecule has 0 radical (unpaired) electrons. The number of amides is 1. The highest BCUT2D eigenvalue weighted by Gasteiger charge is 2.32. The third kappa shape index (κ3) is 4.04. The molecule has 0 fully saturated rings. The van der Waals surface area contributed by atoms with Gasteiger partial charge >= 0.3 is 11.7 Å². The summed E-state index contributed by atoms with van der Waals surface area (Å²) in [6.45, 7) is 4.65. The molecule has 4 N–H and O–H groups in total. The van der Waals surface area contributed by atoms with E-state index in [1.54, 1.807) is 13.8 Å². The van der Waals surface area contributed by atoms with E-state index in [2.05, 4.69) is 15.3 Å². The predicted molar refractivity (Wildman–Crippen MR) is 75.2 cm³/mol. The fourth-order valence-corrected chi connectivity index (χ4v) is 1.83. The maximum absolute atomic E-state index is 11.8. The number of rotatable bonds is 6. The molecule has 21 heavy (non-hydrogen) atoms. The number of carboxylic acids is 1. The number of carbonyl (C=O) groups excluding carboxylic acids is 1. The zero-order chi connectivity index (χ0) is 16.2. The van der Waals surface area contributed by atoms with Gasteiger partial charge in [0.2, 0.25) is 5.91 Å². The number of aromatic amines is 2. The topological polar surface area (TPSA) is 132 Å². The Hall–Kier alpha value is -2.38. The van der Waals surface area contributed by atoms with Gasteiger partial charge < -0.3 is 15.4 Å². The lowest BCUT2D eigenvalue weighted by Gasteiger charge is -2.24. The van der Waals surface area contributed by atoms with E-state index in [0.717, 1.165) is 0 Å². The largest absolute Gasteiger partial charge is 0.480 e. The van der Waals surface area contributed by atoms with Crippen LogP contribution in [0.25, 0.3) is 0 Å². The number of hydrogen-bond donors (Lipinski definition) is 4. The van der Waals surface area contributed by atoms with Crippen LogP contribution in [0.2, 0.25) is 0 Å². The fraction of sp³-hybridized carbons (Fsp3) is 0.538. The van der Waals surface area contributed by atoms with Crippen LogP contribution >= 0.6 is 0 Å². The molecule has 0 aliphatic carbocycles. The number of carboxylic acid groups (broad SMARTS) is 1. The van der Waals surface area contributed by atoms with Gasteiger partial charge in [0.15, 0.2) is 0 Å². The van der Waals surface area contributed by atoms with E-state index in [4.69, 9.17) is 5.11 Å². The molecule has 1 rings (SSSR count). The average molecular weight is 297 g/mol. The zero-order valence-corrected chi connectivity index (χ0v) is 12.2. The van der Waals surface area contributed by atoms with Gasteiger partial charge in [-0.3, -0.25) is 14.6 Å². The second-order valence-electron chi connectivity index (χ2n) is 5.05. The monoisotopic (exact) mass is 297 g/mol. The third-order valence-corrected chi connectivity index (χ3v) is 3.45. The van der Waals surface area contributed by atoms with E-state index in [9.17, 15) is 19.2 Å². The summed E-state index contributed by atoms with van der Waals surface area (Å²) >= 11 is 0. The van der Waals surface area contributed by atoms with Crippen molar-refractivity contribution in [2.45, 2.75) is 45.6 Å². The third-order valence-electron chi connectivity index (χ3n) is 3.45. The molecular formula is C13H19N3O5. The SMILES string of the molecule is CCC(C)(NC(=O)CCc1c(C)[nH]c(=O)[nH]c1=O)C(=O)O. The Labute approximate surface area is 120 Å². The number of aromatic nitrogens is 2. The summed E-state index contributed by atoms with van der Waals surface area (Å²) in [6.07, 6.45) is 0.314. The van der Waals surface area contributed by atoms with Crippen molar-refractivity contribution in [2.24, 2.45) is 0 Å². The number of H-pyrrole nitrogens is 2. The Balaban J connectivity index is 2.77. The van der Waals surface area contributed by atoms with Crippen LogP contribution in [0.3, 0.4) is 0 Å². The first-order chi connectivity index (χ1) is 9.69. The molecular weight excluding hydrogens is 278 g/mol. The summed E-state index contributed by atoms with van der Waals surface area (Å²) in [5, 5.41) is 11.5. The fourth-order valence-electron chi connectivity index (χ4n) is 1.83. The van der Waals surface area contributed by atoms with E-state index in [1.807, 2.05) is 0 Å². The van der Waals surface area contributed by atoms with Gasteiger partial charge in [-0.15, -0.1) is 0 Å². The van der Waals surface area contributed by atoms with Crippen LogP contribution in [-0.4, -0.2) is 32.5 Å². The highest BCUT2D eigenvalue weighted by atomic mass is 16.4. The molecule has 116 valence electrons. The van der Waals surface area contributed by atoms with E-state index in [1.165, 1.54) is 6.92 Å². The molecule has 0 aliphatic rings. The van der Waals surface area contributed by atoms with Gasteiger partial charge in [-0.2, -0.15) is 0 Å². The van der Waals surface area contributed by atoms with Gasteiger partial charge in [0, 0.05) is 17.7 Å². The molecule has 0 bridgehead atoms. The lowest BCUT2D eigenvalue weighted by Crippen LogP contribution is -2.51. The number of carbonyl (C=O) groups is 2. The number of nitrogens with one attached hydrogen (secondary N) is 3. The lowest BCUT2D eigenvalue weighted by molar-refractivity contribution is -0.147. The normalized spacial score (nSPS) is 13.5. The predicted octanol–water partition coefficient (Wildman–Crippen LogP) is -0.326. The van der Waals surface area contributed by atoms with Crippen molar-refractivity contribution in [2.75, 3.05) is 0 Å². The van der Waals surface area contributed by atoms with Crippen LogP contribution in [0.15, 0.2) is 9.59 Å². The Bertz CT molecular complexity index is 661. The summed E-state index contributed by atoms with van der Waals surface area (Å²) in [6, 6.07) is 0. The van der Waals surface area contributed by atoms with Gasteiger partial charge in [0.05, 0.1) is 0 Å². The molecule has 1 heterocycles. The molecule has 1 amide bonds. The van der Waals surface area contributed by atoms with Gasteiger partial charge in [0.25, 0.3) is 5.56 Å². The maximum atomic E-state index is 11.8. The van der Waals surface area contributed by atoms with E-state index < -0.39 is 28.7 Å². The van der Waals surface area contributed by atoms with Crippen molar-refractivity contribution < 1.29 is 14.7 Å².